The summed E-state index contributed by atoms with van der Waals surface area (Å²) in [5.74, 6) is 0. The van der Waals surface area contributed by atoms with Crippen molar-refractivity contribution < 1.29 is 34.9 Å². The number of rotatable bonds is 11. The van der Waals surface area contributed by atoms with E-state index in [0.29, 0.717) is 0 Å². The molecule has 6 heteroatoms. The smallest absolute Gasteiger partial charge is 0.264 e. The first kappa shape index (κ1) is 25.4. The third-order valence-corrected chi connectivity index (χ3v) is 2.96. The van der Waals surface area contributed by atoms with Crippen LogP contribution in [0.15, 0.2) is 0 Å². The Kier molecular flexibility index (Phi) is 24.6. The molecule has 0 aromatic carbocycles. The van der Waals surface area contributed by atoms with E-state index >= 15 is 0 Å². The molecule has 0 aliphatic heterocycles. The van der Waals surface area contributed by atoms with Crippen molar-refractivity contribution in [1.29, 1.82) is 0 Å². The van der Waals surface area contributed by atoms with Gasteiger partial charge in [0, 0.05) is 17.4 Å². The van der Waals surface area contributed by atoms with Crippen molar-refractivity contribution in [3.63, 3.8) is 0 Å². The monoisotopic (exact) mass is 348 g/mol. The molecule has 0 aliphatic rings. The van der Waals surface area contributed by atoms with Crippen LogP contribution in [-0.2, 0) is 27.8 Å². The van der Waals surface area contributed by atoms with Crippen LogP contribution in [0.25, 0.3) is 0 Å². The Hall–Kier alpha value is 0.402. The van der Waals surface area contributed by atoms with Crippen LogP contribution < -0.4 is 0 Å². The van der Waals surface area contributed by atoms with Gasteiger partial charge in [-0.3, -0.25) is 9.11 Å². The fourth-order valence-corrected chi connectivity index (χ4v) is 1.91. The maximum atomic E-state index is 8.74. The van der Waals surface area contributed by atoms with Crippen LogP contribution in [0.4, 0.5) is 0 Å². The fourth-order valence-electron chi connectivity index (χ4n) is 1.91. The van der Waals surface area contributed by atoms with Crippen molar-refractivity contribution in [3.05, 3.63) is 0 Å². The molecule has 2 N–H and O–H groups in total. The molecule has 0 saturated carbocycles. The molecule has 0 saturated heterocycles. The van der Waals surface area contributed by atoms with Gasteiger partial charge in [-0.2, -0.15) is 8.42 Å². The van der Waals surface area contributed by atoms with Crippen LogP contribution >= 0.6 is 0 Å². The molecule has 0 radical (unpaired) electrons. The number of hydrogen-bond donors (Lipinski definition) is 2. The van der Waals surface area contributed by atoms with Crippen LogP contribution in [0.5, 0.6) is 0 Å². The summed E-state index contributed by atoms with van der Waals surface area (Å²) >= 11 is 0. The van der Waals surface area contributed by atoms with Crippen molar-refractivity contribution in [2.24, 2.45) is 0 Å². The normalized spacial score (nSPS) is 10.4. The maximum Gasteiger partial charge on any atom is 0.394 e. The van der Waals surface area contributed by atoms with Crippen LogP contribution in [0.3, 0.4) is 0 Å². The van der Waals surface area contributed by atoms with Gasteiger partial charge >= 0.3 is 10.4 Å². The molecule has 0 amide bonds. The molecule has 0 fully saturated rings. The maximum absolute atomic E-state index is 8.74. The summed E-state index contributed by atoms with van der Waals surface area (Å²) in [6, 6.07) is 0. The first-order valence-corrected chi connectivity index (χ1v) is 9.01. The molecular formula is C14H32CrO4S. The summed E-state index contributed by atoms with van der Waals surface area (Å²) in [7, 11) is -4.67. The SMILES string of the molecule is CCCCCCCCCCCCCC.O=S(=O)(O)O.[Cr]. The molecule has 20 heavy (non-hydrogen) atoms. The van der Waals surface area contributed by atoms with Crippen molar-refractivity contribution in [3.8, 4) is 0 Å². The van der Waals surface area contributed by atoms with Gasteiger partial charge in [0.05, 0.1) is 0 Å². The zero-order valence-electron chi connectivity index (χ0n) is 13.0. The van der Waals surface area contributed by atoms with Crippen molar-refractivity contribution in [2.45, 2.75) is 90.9 Å². The topological polar surface area (TPSA) is 74.6 Å². The Labute approximate surface area is 136 Å². The molecule has 0 rings (SSSR count). The van der Waals surface area contributed by atoms with Crippen LogP contribution in [0, 0.1) is 0 Å². The molecule has 4 nitrogen and oxygen atoms in total. The predicted molar refractivity (Wildman–Crippen MR) is 80.9 cm³/mol. The van der Waals surface area contributed by atoms with Gasteiger partial charge in [0.2, 0.25) is 0 Å². The molecule has 0 aliphatic carbocycles. The second-order valence-electron chi connectivity index (χ2n) is 4.98. The van der Waals surface area contributed by atoms with Gasteiger partial charge in [0.15, 0.2) is 0 Å². The third kappa shape index (κ3) is 42.9. The van der Waals surface area contributed by atoms with E-state index in [2.05, 4.69) is 13.8 Å². The van der Waals surface area contributed by atoms with Gasteiger partial charge < -0.3 is 0 Å². The number of hydrogen-bond acceptors (Lipinski definition) is 2. The van der Waals surface area contributed by atoms with Crippen molar-refractivity contribution in [2.75, 3.05) is 0 Å². The quantitative estimate of drug-likeness (QED) is 0.404. The van der Waals surface area contributed by atoms with Gasteiger partial charge in [0.25, 0.3) is 0 Å². The minimum Gasteiger partial charge on any atom is -0.264 e. The summed E-state index contributed by atoms with van der Waals surface area (Å²) in [6.07, 6.45) is 17.4. The molecule has 124 valence electrons. The van der Waals surface area contributed by atoms with Crippen LogP contribution in [-0.4, -0.2) is 17.5 Å². The molecule has 0 aromatic heterocycles. The molecule has 0 unspecified atom stereocenters. The molecule has 0 atom stereocenters. The van der Waals surface area contributed by atoms with Crippen LogP contribution in [0.1, 0.15) is 90.9 Å². The summed E-state index contributed by atoms with van der Waals surface area (Å²) in [4.78, 5) is 0. The van der Waals surface area contributed by atoms with Gasteiger partial charge in [0.1, 0.15) is 0 Å². The summed E-state index contributed by atoms with van der Waals surface area (Å²) in [5, 5.41) is 0. The largest absolute Gasteiger partial charge is 0.394 e. The predicted octanol–water partition coefficient (Wildman–Crippen LogP) is 5.05. The first-order chi connectivity index (χ1) is 8.91. The van der Waals surface area contributed by atoms with Gasteiger partial charge in [-0.25, -0.2) is 0 Å². The second kappa shape index (κ2) is 19.4. The average Bonchev–Trinajstić information content (AvgIpc) is 2.29. The van der Waals surface area contributed by atoms with E-state index in [9.17, 15) is 0 Å². The molecule has 0 aromatic rings. The zero-order valence-corrected chi connectivity index (χ0v) is 15.1. The fraction of sp³-hybridized carbons (Fsp3) is 1.00. The van der Waals surface area contributed by atoms with Crippen LogP contribution in [0.2, 0.25) is 0 Å². The Morgan fingerprint density at radius 2 is 0.750 bits per heavy atom. The average molecular weight is 348 g/mol. The van der Waals surface area contributed by atoms with Gasteiger partial charge in [-0.15, -0.1) is 0 Å². The number of unbranched alkanes of at least 4 members (excludes halogenated alkanes) is 11. The van der Waals surface area contributed by atoms with Gasteiger partial charge in [-0.05, 0) is 0 Å². The Balaban J connectivity index is -0.000000414. The first-order valence-electron chi connectivity index (χ1n) is 7.61. The van der Waals surface area contributed by atoms with E-state index in [0.717, 1.165) is 0 Å². The summed E-state index contributed by atoms with van der Waals surface area (Å²) < 4.78 is 31.6. The standard InChI is InChI=1S/C14H30.Cr.H2O4S/c1-3-5-7-9-11-13-14-12-10-8-6-4-2;;1-5(2,3)4/h3-14H2,1-2H3;;(H2,1,2,3,4). The van der Waals surface area contributed by atoms with Crippen molar-refractivity contribution >= 4 is 10.4 Å². The third-order valence-electron chi connectivity index (χ3n) is 2.96. The Bertz CT molecular complexity index is 236. The molecule has 0 heterocycles. The molecule has 0 bridgehead atoms. The minimum atomic E-state index is -4.67. The van der Waals surface area contributed by atoms with Gasteiger partial charge in [-0.1, -0.05) is 90.9 Å². The molecular weight excluding hydrogens is 316 g/mol. The van der Waals surface area contributed by atoms with E-state index in [4.69, 9.17) is 17.5 Å². The van der Waals surface area contributed by atoms with Crippen molar-refractivity contribution in [1.82, 2.24) is 0 Å². The van der Waals surface area contributed by atoms with E-state index in [1.807, 2.05) is 0 Å². The Morgan fingerprint density at radius 3 is 0.900 bits per heavy atom. The Morgan fingerprint density at radius 1 is 0.600 bits per heavy atom. The second-order valence-corrected chi connectivity index (χ2v) is 5.88. The zero-order chi connectivity index (χ0) is 15.0. The molecule has 0 spiro atoms. The summed E-state index contributed by atoms with van der Waals surface area (Å²) in [5.41, 5.74) is 0. The van der Waals surface area contributed by atoms with E-state index < -0.39 is 10.4 Å². The van der Waals surface area contributed by atoms with E-state index in [1.54, 1.807) is 0 Å². The summed E-state index contributed by atoms with van der Waals surface area (Å²) in [6.45, 7) is 4.57. The van der Waals surface area contributed by atoms with E-state index in [-0.39, 0.29) is 17.4 Å². The van der Waals surface area contributed by atoms with E-state index in [1.165, 1.54) is 77.0 Å². The minimum absolute atomic E-state index is 0.